The molecule has 0 atom stereocenters. The van der Waals surface area contributed by atoms with Crippen LogP contribution >= 0.6 is 23.1 Å². The SMILES string of the molecule is CNCc1cc2c(s1)SCC=C2. The fourth-order valence-electron chi connectivity index (χ4n) is 1.23. The first-order chi connectivity index (χ1) is 5.90. The zero-order valence-electron chi connectivity index (χ0n) is 6.96. The summed E-state index contributed by atoms with van der Waals surface area (Å²) in [7, 11) is 1.99. The highest BCUT2D eigenvalue weighted by atomic mass is 32.2. The van der Waals surface area contributed by atoms with Gasteiger partial charge in [0.15, 0.2) is 0 Å². The van der Waals surface area contributed by atoms with Gasteiger partial charge in [0.2, 0.25) is 0 Å². The zero-order valence-corrected chi connectivity index (χ0v) is 8.60. The lowest BCUT2D eigenvalue weighted by molar-refractivity contribution is 0.831. The van der Waals surface area contributed by atoms with E-state index in [-0.39, 0.29) is 0 Å². The van der Waals surface area contributed by atoms with Crippen LogP contribution in [0.15, 0.2) is 16.4 Å². The Hall–Kier alpha value is -0.250. The standard InChI is InChI=1S/C9H11NS2/c1-10-6-8-5-7-3-2-4-11-9(7)12-8/h2-3,5,10H,4,6H2,1H3. The monoisotopic (exact) mass is 197 g/mol. The molecule has 1 nitrogen and oxygen atoms in total. The quantitative estimate of drug-likeness (QED) is 0.782. The molecule has 0 unspecified atom stereocenters. The van der Waals surface area contributed by atoms with Crippen LogP contribution in [-0.4, -0.2) is 12.8 Å². The number of rotatable bonds is 2. The summed E-state index contributed by atoms with van der Waals surface area (Å²) in [5.41, 5.74) is 1.40. The fourth-order valence-corrected chi connectivity index (χ4v) is 3.51. The van der Waals surface area contributed by atoms with Gasteiger partial charge in [-0.3, -0.25) is 0 Å². The Morgan fingerprint density at radius 1 is 1.58 bits per heavy atom. The van der Waals surface area contributed by atoms with Gasteiger partial charge in [-0.1, -0.05) is 12.2 Å². The summed E-state index contributed by atoms with van der Waals surface area (Å²) in [6, 6.07) is 2.28. The van der Waals surface area contributed by atoms with E-state index in [0.717, 1.165) is 12.3 Å². The molecule has 3 heteroatoms. The summed E-state index contributed by atoms with van der Waals surface area (Å²) < 4.78 is 1.47. The van der Waals surface area contributed by atoms with Gasteiger partial charge in [-0.25, -0.2) is 0 Å². The highest BCUT2D eigenvalue weighted by Gasteiger charge is 2.08. The van der Waals surface area contributed by atoms with Crippen molar-refractivity contribution in [3.63, 3.8) is 0 Å². The van der Waals surface area contributed by atoms with Gasteiger partial charge in [0.05, 0.1) is 4.21 Å². The maximum Gasteiger partial charge on any atom is 0.0677 e. The minimum absolute atomic E-state index is 0.992. The minimum atomic E-state index is 0.992. The molecule has 0 fully saturated rings. The number of thioether (sulfide) groups is 1. The van der Waals surface area contributed by atoms with Crippen molar-refractivity contribution < 1.29 is 0 Å². The minimum Gasteiger partial charge on any atom is -0.315 e. The van der Waals surface area contributed by atoms with Gasteiger partial charge in [-0.2, -0.15) is 0 Å². The lowest BCUT2D eigenvalue weighted by Crippen LogP contribution is -2.02. The molecule has 1 aliphatic heterocycles. The van der Waals surface area contributed by atoms with E-state index in [4.69, 9.17) is 0 Å². The van der Waals surface area contributed by atoms with Crippen LogP contribution in [0.5, 0.6) is 0 Å². The van der Waals surface area contributed by atoms with Gasteiger partial charge in [-0.15, -0.1) is 23.1 Å². The van der Waals surface area contributed by atoms with Gasteiger partial charge in [0.25, 0.3) is 0 Å². The van der Waals surface area contributed by atoms with Crippen LogP contribution in [-0.2, 0) is 6.54 Å². The van der Waals surface area contributed by atoms with Gasteiger partial charge >= 0.3 is 0 Å². The zero-order chi connectivity index (χ0) is 8.39. The van der Waals surface area contributed by atoms with Crippen molar-refractivity contribution in [1.82, 2.24) is 5.32 Å². The van der Waals surface area contributed by atoms with E-state index >= 15 is 0 Å². The maximum absolute atomic E-state index is 3.17. The first kappa shape index (κ1) is 8.35. The molecule has 0 amide bonds. The molecule has 0 aliphatic carbocycles. The number of fused-ring (bicyclic) bond motifs is 1. The molecule has 2 heterocycles. The van der Waals surface area contributed by atoms with Crippen molar-refractivity contribution in [3.8, 4) is 0 Å². The largest absolute Gasteiger partial charge is 0.315 e. The van der Waals surface area contributed by atoms with Crippen LogP contribution in [0.3, 0.4) is 0 Å². The number of nitrogens with one attached hydrogen (secondary N) is 1. The molecule has 64 valence electrons. The molecule has 2 rings (SSSR count). The smallest absolute Gasteiger partial charge is 0.0677 e. The predicted molar refractivity (Wildman–Crippen MR) is 56.8 cm³/mol. The van der Waals surface area contributed by atoms with Crippen molar-refractivity contribution in [2.24, 2.45) is 0 Å². The highest BCUT2D eigenvalue weighted by molar-refractivity contribution is 8.01. The van der Waals surface area contributed by atoms with Crippen LogP contribution in [0.4, 0.5) is 0 Å². The van der Waals surface area contributed by atoms with E-state index in [1.165, 1.54) is 14.6 Å². The molecular formula is C9H11NS2. The van der Waals surface area contributed by atoms with Crippen LogP contribution in [0, 0.1) is 0 Å². The Morgan fingerprint density at radius 3 is 3.25 bits per heavy atom. The first-order valence-corrected chi connectivity index (χ1v) is 5.77. The topological polar surface area (TPSA) is 12.0 Å². The number of thiophene rings is 1. The fraction of sp³-hybridized carbons (Fsp3) is 0.333. The third kappa shape index (κ3) is 1.58. The molecule has 1 N–H and O–H groups in total. The van der Waals surface area contributed by atoms with Crippen LogP contribution in [0.25, 0.3) is 6.08 Å². The molecule has 0 saturated carbocycles. The lowest BCUT2D eigenvalue weighted by atomic mass is 10.3. The Labute approximate surface area is 80.9 Å². The van der Waals surface area contributed by atoms with Gasteiger partial charge < -0.3 is 5.32 Å². The summed E-state index contributed by atoms with van der Waals surface area (Å²) >= 11 is 3.85. The Bertz CT molecular complexity index is 301. The van der Waals surface area contributed by atoms with Crippen LogP contribution < -0.4 is 5.32 Å². The molecule has 0 radical (unpaired) electrons. The van der Waals surface area contributed by atoms with Crippen molar-refractivity contribution in [1.29, 1.82) is 0 Å². The maximum atomic E-state index is 3.17. The first-order valence-electron chi connectivity index (χ1n) is 3.97. The molecule has 1 aromatic rings. The van der Waals surface area contributed by atoms with Crippen molar-refractivity contribution in [2.75, 3.05) is 12.8 Å². The summed E-state index contributed by atoms with van der Waals surface area (Å²) in [5, 5.41) is 3.17. The molecule has 12 heavy (non-hydrogen) atoms. The van der Waals surface area contributed by atoms with E-state index in [2.05, 4.69) is 23.5 Å². The molecule has 0 bridgehead atoms. The second kappa shape index (κ2) is 3.64. The molecule has 1 aromatic heterocycles. The van der Waals surface area contributed by atoms with E-state index in [1.807, 2.05) is 30.1 Å². The second-order valence-corrected chi connectivity index (χ2v) is 5.12. The van der Waals surface area contributed by atoms with E-state index in [0.29, 0.717) is 0 Å². The van der Waals surface area contributed by atoms with E-state index < -0.39 is 0 Å². The van der Waals surface area contributed by atoms with E-state index in [9.17, 15) is 0 Å². The van der Waals surface area contributed by atoms with Crippen molar-refractivity contribution in [3.05, 3.63) is 22.6 Å². The van der Waals surface area contributed by atoms with Gasteiger partial charge in [0, 0.05) is 17.2 Å². The van der Waals surface area contributed by atoms with Crippen LogP contribution in [0.1, 0.15) is 10.4 Å². The van der Waals surface area contributed by atoms with E-state index in [1.54, 1.807) is 0 Å². The number of hydrogen-bond donors (Lipinski definition) is 1. The lowest BCUT2D eigenvalue weighted by Gasteiger charge is -2.00. The van der Waals surface area contributed by atoms with Crippen molar-refractivity contribution in [2.45, 2.75) is 10.8 Å². The molecule has 0 spiro atoms. The summed E-state index contributed by atoms with van der Waals surface area (Å²) in [4.78, 5) is 1.43. The number of hydrogen-bond acceptors (Lipinski definition) is 3. The van der Waals surface area contributed by atoms with Crippen LogP contribution in [0.2, 0.25) is 0 Å². The normalized spacial score (nSPS) is 14.8. The predicted octanol–water partition coefficient (Wildman–Crippen LogP) is 2.59. The third-order valence-corrected chi connectivity index (χ3v) is 4.14. The highest BCUT2D eigenvalue weighted by Crippen LogP contribution is 2.35. The summed E-state index contributed by atoms with van der Waals surface area (Å²) in [6.45, 7) is 0.992. The Morgan fingerprint density at radius 2 is 2.50 bits per heavy atom. The van der Waals surface area contributed by atoms with Crippen molar-refractivity contribution >= 4 is 29.2 Å². The molecule has 0 aromatic carbocycles. The molecular weight excluding hydrogens is 186 g/mol. The molecule has 1 aliphatic rings. The summed E-state index contributed by atoms with van der Waals surface area (Å²) in [6.07, 6.45) is 4.45. The Balaban J connectivity index is 2.27. The molecule has 0 saturated heterocycles. The second-order valence-electron chi connectivity index (χ2n) is 2.70. The van der Waals surface area contributed by atoms with Gasteiger partial charge in [0.1, 0.15) is 0 Å². The summed E-state index contributed by atoms with van der Waals surface area (Å²) in [5.74, 6) is 1.13. The average molecular weight is 197 g/mol. The third-order valence-electron chi connectivity index (χ3n) is 1.74. The van der Waals surface area contributed by atoms with Gasteiger partial charge in [-0.05, 0) is 18.7 Å². The Kier molecular flexibility index (Phi) is 2.54. The average Bonchev–Trinajstić information content (AvgIpc) is 2.47.